The number of carboxylic acids is 1. The SMILES string of the molecule is CCCc1c(OCCCSc2ccc(CC(O)C(C)C(=O)O)cc2Cl)ccc(C(C)=O)c1O. The Morgan fingerprint density at radius 3 is 2.55 bits per heavy atom. The smallest absolute Gasteiger partial charge is 0.308 e. The summed E-state index contributed by atoms with van der Waals surface area (Å²) in [5, 5.41) is 30.0. The van der Waals surface area contributed by atoms with Gasteiger partial charge in [0.1, 0.15) is 11.5 Å². The van der Waals surface area contributed by atoms with Crippen molar-refractivity contribution in [2.24, 2.45) is 5.92 Å². The van der Waals surface area contributed by atoms with Crippen molar-refractivity contribution in [3.8, 4) is 11.5 Å². The van der Waals surface area contributed by atoms with Gasteiger partial charge in [-0.15, -0.1) is 11.8 Å². The summed E-state index contributed by atoms with van der Waals surface area (Å²) in [5.41, 5.74) is 1.76. The van der Waals surface area contributed by atoms with Gasteiger partial charge in [0.15, 0.2) is 5.78 Å². The van der Waals surface area contributed by atoms with Crippen molar-refractivity contribution < 1.29 is 29.6 Å². The summed E-state index contributed by atoms with van der Waals surface area (Å²) in [4.78, 5) is 23.6. The molecule has 8 heteroatoms. The molecule has 2 atom stereocenters. The van der Waals surface area contributed by atoms with E-state index in [-0.39, 0.29) is 18.0 Å². The topological polar surface area (TPSA) is 104 Å². The third-order valence-electron chi connectivity index (χ3n) is 5.33. The first-order valence-electron chi connectivity index (χ1n) is 11.0. The average molecular weight is 495 g/mol. The van der Waals surface area contributed by atoms with E-state index in [0.717, 1.165) is 29.1 Å². The van der Waals surface area contributed by atoms with Crippen LogP contribution in [-0.4, -0.2) is 45.5 Å². The number of aliphatic carboxylic acids is 1. The third-order valence-corrected chi connectivity index (χ3v) is 6.92. The molecule has 0 aliphatic heterocycles. The number of aliphatic hydroxyl groups excluding tert-OH is 1. The van der Waals surface area contributed by atoms with Gasteiger partial charge in [0.25, 0.3) is 0 Å². The van der Waals surface area contributed by atoms with Crippen LogP contribution in [0.25, 0.3) is 0 Å². The lowest BCUT2D eigenvalue weighted by atomic mass is 9.98. The highest BCUT2D eigenvalue weighted by atomic mass is 35.5. The van der Waals surface area contributed by atoms with E-state index < -0.39 is 18.0 Å². The molecular formula is C25H31ClO6S. The molecule has 0 bridgehead atoms. The Morgan fingerprint density at radius 1 is 1.21 bits per heavy atom. The van der Waals surface area contributed by atoms with E-state index in [1.54, 1.807) is 30.0 Å². The maximum atomic E-state index is 11.7. The van der Waals surface area contributed by atoms with Gasteiger partial charge in [-0.25, -0.2) is 0 Å². The first-order valence-corrected chi connectivity index (χ1v) is 12.3. The van der Waals surface area contributed by atoms with Crippen molar-refractivity contribution >= 4 is 35.1 Å². The first-order chi connectivity index (χ1) is 15.6. The Bertz CT molecular complexity index is 978. The Labute approximate surface area is 203 Å². The van der Waals surface area contributed by atoms with Crippen LogP contribution in [0.2, 0.25) is 5.02 Å². The van der Waals surface area contributed by atoms with Crippen LogP contribution in [0.1, 0.15) is 55.1 Å². The number of carbonyl (C=O) groups is 2. The highest BCUT2D eigenvalue weighted by molar-refractivity contribution is 7.99. The quantitative estimate of drug-likeness (QED) is 0.195. The minimum Gasteiger partial charge on any atom is -0.507 e. The van der Waals surface area contributed by atoms with E-state index >= 15 is 0 Å². The summed E-state index contributed by atoms with van der Waals surface area (Å²) < 4.78 is 5.88. The molecule has 0 aromatic heterocycles. The number of aliphatic hydroxyl groups is 1. The highest BCUT2D eigenvalue weighted by Crippen LogP contribution is 2.33. The van der Waals surface area contributed by atoms with Gasteiger partial charge >= 0.3 is 5.97 Å². The van der Waals surface area contributed by atoms with Crippen molar-refractivity contribution in [1.82, 2.24) is 0 Å². The molecule has 0 spiro atoms. The highest BCUT2D eigenvalue weighted by Gasteiger charge is 2.21. The number of benzene rings is 2. The average Bonchev–Trinajstić information content (AvgIpc) is 2.76. The van der Waals surface area contributed by atoms with Gasteiger partial charge in [-0.3, -0.25) is 9.59 Å². The fourth-order valence-corrected chi connectivity index (χ4v) is 4.53. The zero-order valence-corrected chi connectivity index (χ0v) is 20.7. The van der Waals surface area contributed by atoms with Crippen LogP contribution in [-0.2, 0) is 17.6 Å². The fraction of sp³-hybridized carbons (Fsp3) is 0.440. The molecule has 0 saturated carbocycles. The number of hydrogen-bond donors (Lipinski definition) is 3. The number of halogens is 1. The van der Waals surface area contributed by atoms with Crippen molar-refractivity contribution in [3.63, 3.8) is 0 Å². The second-order valence-corrected chi connectivity index (χ2v) is 9.50. The predicted molar refractivity (Wildman–Crippen MR) is 131 cm³/mol. The predicted octanol–water partition coefficient (Wildman–Crippen LogP) is 5.39. The van der Waals surface area contributed by atoms with Crippen LogP contribution >= 0.6 is 23.4 Å². The number of carboxylic acid groups (broad SMARTS) is 1. The molecule has 0 fully saturated rings. The van der Waals surface area contributed by atoms with Crippen LogP contribution in [0.4, 0.5) is 0 Å². The number of phenolic OH excluding ortho intramolecular Hbond substituents is 1. The van der Waals surface area contributed by atoms with Gasteiger partial charge in [0.05, 0.1) is 29.2 Å². The van der Waals surface area contributed by atoms with Gasteiger partial charge in [0.2, 0.25) is 0 Å². The molecule has 0 aliphatic rings. The van der Waals surface area contributed by atoms with Gasteiger partial charge < -0.3 is 20.1 Å². The second-order valence-electron chi connectivity index (χ2n) is 7.96. The van der Waals surface area contributed by atoms with E-state index in [2.05, 4.69) is 0 Å². The Hall–Kier alpha value is -2.22. The maximum Gasteiger partial charge on any atom is 0.308 e. The van der Waals surface area contributed by atoms with Gasteiger partial charge in [-0.2, -0.15) is 0 Å². The van der Waals surface area contributed by atoms with Crippen LogP contribution in [0, 0.1) is 5.92 Å². The molecule has 2 aromatic carbocycles. The van der Waals surface area contributed by atoms with Gasteiger partial charge in [0, 0.05) is 16.2 Å². The Balaban J connectivity index is 1.88. The minimum atomic E-state index is -1.03. The molecule has 0 heterocycles. The molecule has 0 amide bonds. The molecule has 0 radical (unpaired) electrons. The standard InChI is InChI=1S/C25H31ClO6S/c1-4-6-19-22(9-8-18(16(3)27)24(19)29)32-11-5-12-33-23-10-7-17(13-20(23)26)14-21(28)15(2)25(30)31/h7-10,13,15,21,28-29H,4-6,11-12,14H2,1-3H3,(H,30,31). The van der Waals surface area contributed by atoms with Crippen molar-refractivity contribution in [1.29, 1.82) is 0 Å². The maximum absolute atomic E-state index is 11.7. The number of thioether (sulfide) groups is 1. The summed E-state index contributed by atoms with van der Waals surface area (Å²) in [7, 11) is 0. The summed E-state index contributed by atoms with van der Waals surface area (Å²) in [6.45, 7) is 5.37. The van der Waals surface area contributed by atoms with Crippen LogP contribution in [0.3, 0.4) is 0 Å². The normalized spacial score (nSPS) is 12.9. The number of rotatable bonds is 13. The molecule has 33 heavy (non-hydrogen) atoms. The molecule has 2 aromatic rings. The van der Waals surface area contributed by atoms with Crippen molar-refractivity contribution in [3.05, 3.63) is 52.0 Å². The molecule has 0 saturated heterocycles. The number of Topliss-reactive ketones (excluding diaryl/α,β-unsaturated/α-hetero) is 1. The van der Waals surface area contributed by atoms with Crippen molar-refractivity contribution in [2.75, 3.05) is 12.4 Å². The van der Waals surface area contributed by atoms with E-state index in [0.29, 0.717) is 34.9 Å². The molecule has 2 rings (SSSR count). The number of carbonyl (C=O) groups excluding carboxylic acids is 1. The summed E-state index contributed by atoms with van der Waals surface area (Å²) >= 11 is 7.95. The lowest BCUT2D eigenvalue weighted by Gasteiger charge is -2.16. The van der Waals surface area contributed by atoms with E-state index in [1.165, 1.54) is 13.8 Å². The summed E-state index contributed by atoms with van der Waals surface area (Å²) in [6, 6.07) is 8.81. The second kappa shape index (κ2) is 12.9. The molecule has 6 nitrogen and oxygen atoms in total. The Kier molecular flexibility index (Phi) is 10.5. The Morgan fingerprint density at radius 2 is 1.94 bits per heavy atom. The fourth-order valence-electron chi connectivity index (χ4n) is 3.32. The number of ketones is 1. The van der Waals surface area contributed by atoms with Crippen LogP contribution < -0.4 is 4.74 Å². The number of ether oxygens (including phenoxy) is 1. The van der Waals surface area contributed by atoms with Crippen LogP contribution in [0.15, 0.2) is 35.2 Å². The van der Waals surface area contributed by atoms with E-state index in [9.17, 15) is 19.8 Å². The van der Waals surface area contributed by atoms with Crippen LogP contribution in [0.5, 0.6) is 11.5 Å². The zero-order valence-electron chi connectivity index (χ0n) is 19.1. The molecule has 0 aliphatic carbocycles. The molecule has 180 valence electrons. The lowest BCUT2D eigenvalue weighted by molar-refractivity contribution is -0.144. The minimum absolute atomic E-state index is 0.00552. The lowest BCUT2D eigenvalue weighted by Crippen LogP contribution is -2.27. The van der Waals surface area contributed by atoms with E-state index in [4.69, 9.17) is 21.4 Å². The summed E-state index contributed by atoms with van der Waals surface area (Å²) in [6.07, 6.45) is 1.44. The third kappa shape index (κ3) is 7.66. The van der Waals surface area contributed by atoms with E-state index in [1.807, 2.05) is 19.1 Å². The zero-order chi connectivity index (χ0) is 24.5. The monoisotopic (exact) mass is 494 g/mol. The largest absolute Gasteiger partial charge is 0.507 e. The molecule has 3 N–H and O–H groups in total. The van der Waals surface area contributed by atoms with Gasteiger partial charge in [-0.05, 0) is 62.9 Å². The summed E-state index contributed by atoms with van der Waals surface area (Å²) in [5.74, 6) is -0.697. The van der Waals surface area contributed by atoms with Gasteiger partial charge in [-0.1, -0.05) is 31.0 Å². The first kappa shape index (κ1) is 27.0. The molecule has 2 unspecified atom stereocenters. The number of hydrogen-bond acceptors (Lipinski definition) is 6. The molecular weight excluding hydrogens is 464 g/mol. The van der Waals surface area contributed by atoms with Crippen molar-refractivity contribution in [2.45, 2.75) is 57.5 Å². The number of aromatic hydroxyl groups is 1. The number of phenols is 1.